The molecular formula is C21H23ClN2O4. The summed E-state index contributed by atoms with van der Waals surface area (Å²) in [5, 5.41) is 0.639. The highest BCUT2D eigenvalue weighted by molar-refractivity contribution is 6.31. The number of carbonyl (C=O) groups is 1. The number of benzene rings is 2. The first-order valence-electron chi connectivity index (χ1n) is 9.17. The van der Waals surface area contributed by atoms with E-state index in [4.69, 9.17) is 25.8 Å². The van der Waals surface area contributed by atoms with Crippen molar-refractivity contribution < 1.29 is 19.0 Å². The fourth-order valence-corrected chi connectivity index (χ4v) is 4.42. The van der Waals surface area contributed by atoms with Crippen LogP contribution in [0.1, 0.15) is 12.0 Å². The van der Waals surface area contributed by atoms with Crippen molar-refractivity contribution in [1.29, 1.82) is 0 Å². The highest BCUT2D eigenvalue weighted by atomic mass is 35.5. The fourth-order valence-electron chi connectivity index (χ4n) is 4.24. The molecule has 2 aliphatic rings. The number of hydrogen-bond acceptors (Lipinski definition) is 5. The third kappa shape index (κ3) is 3.16. The van der Waals surface area contributed by atoms with Gasteiger partial charge in [0.25, 0.3) is 0 Å². The van der Waals surface area contributed by atoms with Crippen LogP contribution in [0.4, 0.5) is 5.69 Å². The van der Waals surface area contributed by atoms with Crippen molar-refractivity contribution in [1.82, 2.24) is 4.90 Å². The average molecular weight is 403 g/mol. The zero-order chi connectivity index (χ0) is 19.8. The van der Waals surface area contributed by atoms with Crippen LogP contribution in [0.15, 0.2) is 36.4 Å². The maximum absolute atomic E-state index is 13.0. The summed E-state index contributed by atoms with van der Waals surface area (Å²) in [6, 6.07) is 11.2. The monoisotopic (exact) mass is 402 g/mol. The van der Waals surface area contributed by atoms with E-state index in [-0.39, 0.29) is 18.0 Å². The molecule has 4 rings (SSSR count). The summed E-state index contributed by atoms with van der Waals surface area (Å²) in [5.41, 5.74) is 1.84. The number of fused-ring (bicyclic) bond motifs is 2. The molecule has 1 amide bonds. The molecule has 6 nitrogen and oxygen atoms in total. The van der Waals surface area contributed by atoms with Gasteiger partial charge < -0.3 is 19.1 Å². The van der Waals surface area contributed by atoms with Crippen molar-refractivity contribution >= 4 is 23.2 Å². The van der Waals surface area contributed by atoms with Gasteiger partial charge in [0, 0.05) is 35.4 Å². The van der Waals surface area contributed by atoms with Gasteiger partial charge in [-0.15, -0.1) is 0 Å². The molecule has 2 atom stereocenters. The zero-order valence-corrected chi connectivity index (χ0v) is 16.9. The maximum Gasteiger partial charge on any atom is 0.244 e. The first-order chi connectivity index (χ1) is 13.5. The number of ether oxygens (including phenoxy) is 3. The van der Waals surface area contributed by atoms with E-state index in [1.54, 1.807) is 21.3 Å². The Labute approximate surface area is 169 Å². The normalized spacial score (nSPS) is 21.3. The first-order valence-corrected chi connectivity index (χ1v) is 9.55. The number of carbonyl (C=O) groups excluding carboxylic acids is 1. The van der Waals surface area contributed by atoms with E-state index >= 15 is 0 Å². The van der Waals surface area contributed by atoms with Crippen molar-refractivity contribution in [2.75, 3.05) is 32.8 Å². The molecule has 148 valence electrons. The van der Waals surface area contributed by atoms with Crippen molar-refractivity contribution in [2.45, 2.75) is 25.0 Å². The van der Waals surface area contributed by atoms with E-state index < -0.39 is 0 Å². The van der Waals surface area contributed by atoms with E-state index in [0.29, 0.717) is 23.1 Å². The highest BCUT2D eigenvalue weighted by Crippen LogP contribution is 2.40. The molecule has 2 aromatic rings. The molecule has 2 fully saturated rings. The standard InChI is InChI=1S/C21H23ClN2O4/c1-26-18-10-20(28-3)19(27-2)7-13(18)11-23-12-16-9-17(23)21(25)24(16)15-6-4-5-14(22)8-15/h4-8,10,16-17H,9,11-12H2,1-3H3/t16-,17-/m0/s1. The van der Waals surface area contributed by atoms with Crippen LogP contribution in [0.2, 0.25) is 5.02 Å². The predicted octanol–water partition coefficient (Wildman–Crippen LogP) is 3.36. The molecule has 0 spiro atoms. The molecule has 2 saturated heterocycles. The molecule has 0 unspecified atom stereocenters. The first kappa shape index (κ1) is 18.9. The number of nitrogens with zero attached hydrogens (tertiary/aromatic N) is 2. The molecule has 2 heterocycles. The van der Waals surface area contributed by atoms with Gasteiger partial charge in [0.2, 0.25) is 5.91 Å². The Bertz CT molecular complexity index is 904. The van der Waals surface area contributed by atoms with Gasteiger partial charge >= 0.3 is 0 Å². The van der Waals surface area contributed by atoms with Crippen LogP contribution in [0, 0.1) is 0 Å². The molecule has 0 radical (unpaired) electrons. The Balaban J connectivity index is 1.56. The number of rotatable bonds is 6. The van der Waals surface area contributed by atoms with Gasteiger partial charge in [-0.3, -0.25) is 9.69 Å². The lowest BCUT2D eigenvalue weighted by Gasteiger charge is -2.34. The van der Waals surface area contributed by atoms with Gasteiger partial charge in [-0.1, -0.05) is 17.7 Å². The molecule has 0 saturated carbocycles. The summed E-state index contributed by atoms with van der Waals surface area (Å²) in [7, 11) is 4.84. The van der Waals surface area contributed by atoms with Crippen LogP contribution in [0.25, 0.3) is 0 Å². The Morgan fingerprint density at radius 3 is 2.39 bits per heavy atom. The van der Waals surface area contributed by atoms with Gasteiger partial charge in [-0.05, 0) is 30.7 Å². The van der Waals surface area contributed by atoms with Crippen LogP contribution in [-0.2, 0) is 11.3 Å². The summed E-state index contributed by atoms with van der Waals surface area (Å²) >= 11 is 6.11. The molecule has 2 aliphatic heterocycles. The molecule has 2 bridgehead atoms. The van der Waals surface area contributed by atoms with Crippen LogP contribution in [-0.4, -0.2) is 50.8 Å². The fraction of sp³-hybridized carbons (Fsp3) is 0.381. The van der Waals surface area contributed by atoms with Gasteiger partial charge in [0.1, 0.15) is 5.75 Å². The lowest BCUT2D eigenvalue weighted by molar-refractivity contribution is -0.122. The van der Waals surface area contributed by atoms with Crippen molar-refractivity contribution in [3.05, 3.63) is 47.0 Å². The van der Waals surface area contributed by atoms with E-state index in [1.807, 2.05) is 41.3 Å². The van der Waals surface area contributed by atoms with Crippen LogP contribution in [0.5, 0.6) is 17.2 Å². The van der Waals surface area contributed by atoms with Gasteiger partial charge in [-0.25, -0.2) is 0 Å². The molecule has 28 heavy (non-hydrogen) atoms. The summed E-state index contributed by atoms with van der Waals surface area (Å²) in [4.78, 5) is 17.1. The summed E-state index contributed by atoms with van der Waals surface area (Å²) in [6.07, 6.45) is 0.820. The van der Waals surface area contributed by atoms with Gasteiger partial charge in [0.15, 0.2) is 11.5 Å². The van der Waals surface area contributed by atoms with Crippen molar-refractivity contribution in [3.8, 4) is 17.2 Å². The third-order valence-electron chi connectivity index (χ3n) is 5.52. The Kier molecular flexibility index (Phi) is 5.08. The van der Waals surface area contributed by atoms with E-state index in [1.165, 1.54) is 0 Å². The lowest BCUT2D eigenvalue weighted by atomic mass is 10.1. The Morgan fingerprint density at radius 2 is 1.75 bits per heavy atom. The summed E-state index contributed by atoms with van der Waals surface area (Å²) in [5.74, 6) is 2.11. The average Bonchev–Trinajstić information content (AvgIpc) is 3.24. The SMILES string of the molecule is COc1cc(OC)c(OC)cc1CN1C[C@@H]2C[C@H]1C(=O)N2c1cccc(Cl)c1. The topological polar surface area (TPSA) is 51.2 Å². The quantitative estimate of drug-likeness (QED) is 0.741. The smallest absolute Gasteiger partial charge is 0.244 e. The molecule has 7 heteroatoms. The Hall–Kier alpha value is -2.44. The second kappa shape index (κ2) is 7.53. The van der Waals surface area contributed by atoms with Crippen LogP contribution < -0.4 is 19.1 Å². The van der Waals surface area contributed by atoms with E-state index in [0.717, 1.165) is 30.0 Å². The van der Waals surface area contributed by atoms with Gasteiger partial charge in [0.05, 0.1) is 33.4 Å². The lowest BCUT2D eigenvalue weighted by Crippen LogP contribution is -2.50. The number of methoxy groups -OCH3 is 3. The second-order valence-electron chi connectivity index (χ2n) is 7.04. The number of halogens is 1. The number of likely N-dealkylation sites (tertiary alicyclic amines) is 1. The minimum Gasteiger partial charge on any atom is -0.496 e. The predicted molar refractivity (Wildman–Crippen MR) is 108 cm³/mol. The largest absolute Gasteiger partial charge is 0.496 e. The molecule has 0 aromatic heterocycles. The number of hydrogen-bond donors (Lipinski definition) is 0. The number of anilines is 1. The number of piperazine rings is 1. The van der Waals surface area contributed by atoms with Crippen molar-refractivity contribution in [3.63, 3.8) is 0 Å². The molecule has 0 aliphatic carbocycles. The molecule has 0 N–H and O–H groups in total. The van der Waals surface area contributed by atoms with Crippen LogP contribution in [0.3, 0.4) is 0 Å². The van der Waals surface area contributed by atoms with Gasteiger partial charge in [-0.2, -0.15) is 0 Å². The number of amides is 1. The van der Waals surface area contributed by atoms with E-state index in [9.17, 15) is 4.79 Å². The molecule has 2 aromatic carbocycles. The minimum atomic E-state index is -0.137. The highest BCUT2D eigenvalue weighted by Gasteiger charge is 2.50. The summed E-state index contributed by atoms with van der Waals surface area (Å²) in [6.45, 7) is 1.42. The van der Waals surface area contributed by atoms with E-state index in [2.05, 4.69) is 4.90 Å². The van der Waals surface area contributed by atoms with Crippen LogP contribution >= 0.6 is 11.6 Å². The minimum absolute atomic E-state index is 0.123. The zero-order valence-electron chi connectivity index (χ0n) is 16.1. The van der Waals surface area contributed by atoms with Crippen molar-refractivity contribution in [2.24, 2.45) is 0 Å². The Morgan fingerprint density at radius 1 is 1.04 bits per heavy atom. The summed E-state index contributed by atoms with van der Waals surface area (Å²) < 4.78 is 16.3. The third-order valence-corrected chi connectivity index (χ3v) is 5.75. The maximum atomic E-state index is 13.0. The molecular weight excluding hydrogens is 380 g/mol. The second-order valence-corrected chi connectivity index (χ2v) is 7.48.